The summed E-state index contributed by atoms with van der Waals surface area (Å²) in [5.41, 5.74) is 0.948. The Morgan fingerprint density at radius 3 is 2.79 bits per heavy atom. The maximum absolute atomic E-state index is 5.11. The molecule has 0 spiro atoms. The van der Waals surface area contributed by atoms with Crippen LogP contribution in [0.15, 0.2) is 33.7 Å². The fourth-order valence-electron chi connectivity index (χ4n) is 1.54. The van der Waals surface area contributed by atoms with Crippen molar-refractivity contribution < 1.29 is 9.26 Å². The molecule has 0 saturated carbocycles. The van der Waals surface area contributed by atoms with E-state index in [0.717, 1.165) is 11.3 Å². The second kappa shape index (κ2) is 7.16. The predicted molar refractivity (Wildman–Crippen MR) is 76.5 cm³/mol. The first-order valence-corrected chi connectivity index (χ1v) is 7.11. The van der Waals surface area contributed by atoms with E-state index in [1.807, 2.05) is 23.9 Å². The minimum Gasteiger partial charge on any atom is -0.383 e. The monoisotopic (exact) mass is 279 g/mol. The van der Waals surface area contributed by atoms with Crippen LogP contribution in [-0.2, 0) is 4.74 Å². The molecule has 2 rings (SSSR count). The number of ether oxygens (including phenoxy) is 1. The topological polar surface area (TPSA) is 60.2 Å². The summed E-state index contributed by atoms with van der Waals surface area (Å²) >= 11 is 1.81. The van der Waals surface area contributed by atoms with Crippen molar-refractivity contribution in [2.45, 2.75) is 11.8 Å². The maximum Gasteiger partial charge on any atom is 0.321 e. The molecule has 19 heavy (non-hydrogen) atoms. The summed E-state index contributed by atoms with van der Waals surface area (Å²) in [4.78, 5) is 5.52. The number of hydrogen-bond donors (Lipinski definition) is 1. The maximum atomic E-state index is 5.11. The van der Waals surface area contributed by atoms with Gasteiger partial charge in [0, 0.05) is 24.1 Å². The van der Waals surface area contributed by atoms with Crippen LogP contribution in [0.1, 0.15) is 6.92 Å². The van der Waals surface area contributed by atoms with Crippen LogP contribution in [0.4, 0.5) is 6.01 Å². The third-order valence-corrected chi connectivity index (χ3v) is 3.33. The highest BCUT2D eigenvalue weighted by atomic mass is 32.2. The molecule has 1 aromatic heterocycles. The van der Waals surface area contributed by atoms with E-state index in [-0.39, 0.29) is 0 Å². The van der Waals surface area contributed by atoms with Gasteiger partial charge in [-0.25, -0.2) is 0 Å². The molecule has 0 bridgehead atoms. The van der Waals surface area contributed by atoms with E-state index in [1.54, 1.807) is 7.11 Å². The van der Waals surface area contributed by atoms with E-state index >= 15 is 0 Å². The lowest BCUT2D eigenvalue weighted by Gasteiger charge is -1.99. The Bertz CT molecular complexity index is 499. The smallest absolute Gasteiger partial charge is 0.321 e. The van der Waals surface area contributed by atoms with Crippen molar-refractivity contribution in [2.75, 3.05) is 31.3 Å². The Morgan fingerprint density at radius 1 is 1.32 bits per heavy atom. The van der Waals surface area contributed by atoms with E-state index in [0.29, 0.717) is 25.0 Å². The summed E-state index contributed by atoms with van der Waals surface area (Å²) in [6, 6.07) is 8.55. The van der Waals surface area contributed by atoms with Crippen LogP contribution in [0.5, 0.6) is 0 Å². The van der Waals surface area contributed by atoms with Crippen molar-refractivity contribution in [2.24, 2.45) is 0 Å². The summed E-state index contributed by atoms with van der Waals surface area (Å²) < 4.78 is 10.0. The lowest BCUT2D eigenvalue weighted by molar-refractivity contribution is 0.210. The fourth-order valence-corrected chi connectivity index (χ4v) is 2.20. The van der Waals surface area contributed by atoms with Gasteiger partial charge in [0.15, 0.2) is 0 Å². The zero-order valence-electron chi connectivity index (χ0n) is 11.0. The van der Waals surface area contributed by atoms with E-state index in [1.165, 1.54) is 4.90 Å². The molecule has 0 unspecified atom stereocenters. The number of methoxy groups -OCH3 is 1. The molecule has 0 atom stereocenters. The average molecular weight is 279 g/mol. The Morgan fingerprint density at radius 2 is 2.11 bits per heavy atom. The van der Waals surface area contributed by atoms with Gasteiger partial charge in [0.2, 0.25) is 5.82 Å². The van der Waals surface area contributed by atoms with Crippen molar-refractivity contribution >= 4 is 17.8 Å². The minimum absolute atomic E-state index is 0.416. The highest BCUT2D eigenvalue weighted by Gasteiger charge is 2.07. The molecule has 6 heteroatoms. The molecule has 102 valence electrons. The van der Waals surface area contributed by atoms with E-state index in [9.17, 15) is 0 Å². The Kier molecular flexibility index (Phi) is 5.23. The highest BCUT2D eigenvalue weighted by Crippen LogP contribution is 2.22. The first-order valence-electron chi connectivity index (χ1n) is 6.13. The second-order valence-corrected chi connectivity index (χ2v) is 5.14. The normalized spacial score (nSPS) is 10.6. The van der Waals surface area contributed by atoms with Gasteiger partial charge in [0.25, 0.3) is 0 Å². The third-order valence-electron chi connectivity index (χ3n) is 2.43. The summed E-state index contributed by atoms with van der Waals surface area (Å²) in [7, 11) is 1.65. The van der Waals surface area contributed by atoms with E-state index in [2.05, 4.69) is 34.5 Å². The number of nitrogens with one attached hydrogen (secondary N) is 1. The van der Waals surface area contributed by atoms with Crippen molar-refractivity contribution in [3.8, 4) is 11.4 Å². The van der Waals surface area contributed by atoms with Gasteiger partial charge >= 0.3 is 6.01 Å². The quantitative estimate of drug-likeness (QED) is 0.621. The fraction of sp³-hybridized carbons (Fsp3) is 0.385. The molecule has 0 amide bonds. The van der Waals surface area contributed by atoms with Crippen molar-refractivity contribution in [1.29, 1.82) is 0 Å². The number of nitrogens with zero attached hydrogens (tertiary/aromatic N) is 2. The molecule has 0 aliphatic rings. The molecular weight excluding hydrogens is 262 g/mol. The first kappa shape index (κ1) is 13.9. The van der Waals surface area contributed by atoms with Crippen LogP contribution < -0.4 is 5.32 Å². The molecular formula is C13H17N3O2S. The van der Waals surface area contributed by atoms with E-state index in [4.69, 9.17) is 9.26 Å². The van der Waals surface area contributed by atoms with Crippen molar-refractivity contribution in [1.82, 2.24) is 10.1 Å². The molecule has 5 nitrogen and oxygen atoms in total. The van der Waals surface area contributed by atoms with Gasteiger partial charge in [0.1, 0.15) is 0 Å². The predicted octanol–water partition coefficient (Wildman–Crippen LogP) is 2.91. The molecule has 0 aliphatic carbocycles. The zero-order chi connectivity index (χ0) is 13.5. The van der Waals surface area contributed by atoms with E-state index < -0.39 is 0 Å². The van der Waals surface area contributed by atoms with Gasteiger partial charge < -0.3 is 14.6 Å². The number of thioether (sulfide) groups is 1. The molecule has 0 radical (unpaired) electrons. The van der Waals surface area contributed by atoms with Gasteiger partial charge in [-0.05, 0) is 30.0 Å². The minimum atomic E-state index is 0.416. The lowest BCUT2D eigenvalue weighted by atomic mass is 10.2. The average Bonchev–Trinajstić information content (AvgIpc) is 2.89. The number of hydrogen-bond acceptors (Lipinski definition) is 6. The molecule has 1 heterocycles. The van der Waals surface area contributed by atoms with Crippen LogP contribution in [-0.4, -0.2) is 36.2 Å². The van der Waals surface area contributed by atoms with Crippen LogP contribution in [0, 0.1) is 0 Å². The first-order chi connectivity index (χ1) is 9.33. The number of anilines is 1. The van der Waals surface area contributed by atoms with Gasteiger partial charge in [0.05, 0.1) is 6.61 Å². The number of aromatic nitrogens is 2. The molecule has 0 saturated heterocycles. The Hall–Kier alpha value is -1.53. The van der Waals surface area contributed by atoms with Crippen LogP contribution in [0.2, 0.25) is 0 Å². The van der Waals surface area contributed by atoms with Crippen molar-refractivity contribution in [3.63, 3.8) is 0 Å². The molecule has 0 aliphatic heterocycles. The van der Waals surface area contributed by atoms with Crippen LogP contribution in [0.25, 0.3) is 11.4 Å². The van der Waals surface area contributed by atoms with Gasteiger partial charge in [-0.2, -0.15) is 4.98 Å². The second-order valence-electron chi connectivity index (χ2n) is 3.80. The number of benzene rings is 1. The summed E-state index contributed by atoms with van der Waals surface area (Å²) in [5.74, 6) is 1.66. The molecule has 2 aromatic rings. The molecule has 1 N–H and O–H groups in total. The van der Waals surface area contributed by atoms with Gasteiger partial charge in [-0.1, -0.05) is 12.1 Å². The van der Waals surface area contributed by atoms with Crippen molar-refractivity contribution in [3.05, 3.63) is 24.3 Å². The standard InChI is InChI=1S/C13H17N3O2S/c1-3-19-11-6-4-10(5-7-11)12-15-13(18-16-12)14-8-9-17-2/h4-7H,3,8-9H2,1-2H3,(H,14,15,16). The largest absolute Gasteiger partial charge is 0.383 e. The summed E-state index contributed by atoms with van der Waals surface area (Å²) in [6.07, 6.45) is 0. The highest BCUT2D eigenvalue weighted by molar-refractivity contribution is 7.99. The Balaban J connectivity index is 2.01. The third kappa shape index (κ3) is 3.97. The SMILES string of the molecule is CCSc1ccc(-c2noc(NCCOC)n2)cc1. The summed E-state index contributed by atoms with van der Waals surface area (Å²) in [6.45, 7) is 3.38. The molecule has 0 fully saturated rings. The molecule has 1 aromatic carbocycles. The Labute approximate surface area is 116 Å². The van der Waals surface area contributed by atoms with Crippen LogP contribution >= 0.6 is 11.8 Å². The van der Waals surface area contributed by atoms with Crippen LogP contribution in [0.3, 0.4) is 0 Å². The lowest BCUT2D eigenvalue weighted by Crippen LogP contribution is -2.07. The zero-order valence-corrected chi connectivity index (χ0v) is 11.9. The van der Waals surface area contributed by atoms with Gasteiger partial charge in [-0.15, -0.1) is 11.8 Å². The van der Waals surface area contributed by atoms with Gasteiger partial charge in [-0.3, -0.25) is 0 Å². The summed E-state index contributed by atoms with van der Waals surface area (Å²) in [5, 5.41) is 6.94. The number of rotatable bonds is 7.